The number of nitrogens with two attached hydrogens (primary N) is 1. The molecule has 0 aliphatic carbocycles. The van der Waals surface area contributed by atoms with Crippen molar-refractivity contribution in [1.82, 2.24) is 5.06 Å². The van der Waals surface area contributed by atoms with Crippen LogP contribution in [0.4, 0.5) is 5.69 Å². The smallest absolute Gasteiger partial charge is 0.287 e. The fourth-order valence-electron chi connectivity index (χ4n) is 2.05. The second kappa shape index (κ2) is 4.59. The summed E-state index contributed by atoms with van der Waals surface area (Å²) < 4.78 is 1.07. The van der Waals surface area contributed by atoms with E-state index in [2.05, 4.69) is 0 Å². The van der Waals surface area contributed by atoms with Crippen LogP contribution in [-0.2, 0) is 4.84 Å². The molecule has 2 aromatic rings. The summed E-state index contributed by atoms with van der Waals surface area (Å²) in [5, 5.41) is 2.48. The normalized spacial score (nSPS) is 16.1. The van der Waals surface area contributed by atoms with Crippen LogP contribution in [0.1, 0.15) is 22.5 Å². The predicted octanol–water partition coefficient (Wildman–Crippen LogP) is 2.65. The van der Waals surface area contributed by atoms with Gasteiger partial charge in [0.25, 0.3) is 5.91 Å². The van der Waals surface area contributed by atoms with Gasteiger partial charge >= 0.3 is 0 Å². The first kappa shape index (κ1) is 11.5. The van der Waals surface area contributed by atoms with Crippen molar-refractivity contribution < 1.29 is 9.63 Å². The second-order valence-corrected chi connectivity index (χ2v) is 5.44. The van der Waals surface area contributed by atoms with E-state index >= 15 is 0 Å². The molecular formula is C13H14N2O2S. The zero-order chi connectivity index (χ0) is 12.5. The SMILES string of the molecule is Nc1ccc2sc(C(=O)N3CCCCO3)cc2c1. The van der Waals surface area contributed by atoms with Gasteiger partial charge in [-0.1, -0.05) is 0 Å². The highest BCUT2D eigenvalue weighted by molar-refractivity contribution is 7.20. The van der Waals surface area contributed by atoms with Crippen molar-refractivity contribution in [2.24, 2.45) is 0 Å². The van der Waals surface area contributed by atoms with Gasteiger partial charge in [0.15, 0.2) is 0 Å². The fourth-order valence-corrected chi connectivity index (χ4v) is 3.03. The average Bonchev–Trinajstić information content (AvgIpc) is 2.81. The summed E-state index contributed by atoms with van der Waals surface area (Å²) in [4.78, 5) is 18.3. The third-order valence-electron chi connectivity index (χ3n) is 2.98. The zero-order valence-electron chi connectivity index (χ0n) is 9.89. The van der Waals surface area contributed by atoms with Crippen molar-refractivity contribution in [2.75, 3.05) is 18.9 Å². The van der Waals surface area contributed by atoms with E-state index in [-0.39, 0.29) is 5.91 Å². The fraction of sp³-hybridized carbons (Fsp3) is 0.308. The molecule has 18 heavy (non-hydrogen) atoms. The van der Waals surface area contributed by atoms with E-state index < -0.39 is 0 Å². The molecule has 3 rings (SSSR count). The molecule has 5 heteroatoms. The number of fused-ring (bicyclic) bond motifs is 1. The number of hydrogen-bond donors (Lipinski definition) is 1. The van der Waals surface area contributed by atoms with E-state index in [0.717, 1.165) is 22.9 Å². The van der Waals surface area contributed by atoms with Gasteiger partial charge in [0.2, 0.25) is 0 Å². The van der Waals surface area contributed by atoms with Gasteiger partial charge in [0.05, 0.1) is 11.5 Å². The van der Waals surface area contributed by atoms with Crippen molar-refractivity contribution >= 4 is 33.0 Å². The van der Waals surface area contributed by atoms with Crippen LogP contribution in [0, 0.1) is 0 Å². The van der Waals surface area contributed by atoms with Crippen LogP contribution < -0.4 is 5.73 Å². The van der Waals surface area contributed by atoms with Crippen LogP contribution >= 0.6 is 11.3 Å². The Bertz CT molecular complexity index is 588. The van der Waals surface area contributed by atoms with Gasteiger partial charge in [-0.2, -0.15) is 0 Å². The molecular weight excluding hydrogens is 248 g/mol. The lowest BCUT2D eigenvalue weighted by Gasteiger charge is -2.25. The molecule has 0 atom stereocenters. The summed E-state index contributed by atoms with van der Waals surface area (Å²) >= 11 is 1.48. The molecule has 0 saturated carbocycles. The Kier molecular flexibility index (Phi) is 2.93. The highest BCUT2D eigenvalue weighted by atomic mass is 32.1. The number of nitrogens with zero attached hydrogens (tertiary/aromatic N) is 1. The number of benzene rings is 1. The molecule has 0 spiro atoms. The Hall–Kier alpha value is -1.59. The molecule has 1 aliphatic heterocycles. The van der Waals surface area contributed by atoms with Gasteiger partial charge in [0, 0.05) is 16.9 Å². The van der Waals surface area contributed by atoms with Crippen LogP contribution in [-0.4, -0.2) is 24.1 Å². The van der Waals surface area contributed by atoms with Crippen LogP contribution in [0.5, 0.6) is 0 Å². The van der Waals surface area contributed by atoms with Crippen molar-refractivity contribution in [1.29, 1.82) is 0 Å². The summed E-state index contributed by atoms with van der Waals surface area (Å²) in [6.07, 6.45) is 2.02. The van der Waals surface area contributed by atoms with Crippen molar-refractivity contribution in [3.05, 3.63) is 29.1 Å². The molecule has 0 bridgehead atoms. The summed E-state index contributed by atoms with van der Waals surface area (Å²) in [5.74, 6) is -0.0468. The molecule has 1 saturated heterocycles. The molecule has 1 aromatic carbocycles. The third kappa shape index (κ3) is 2.07. The summed E-state index contributed by atoms with van der Waals surface area (Å²) in [6.45, 7) is 1.30. The monoisotopic (exact) mass is 262 g/mol. The van der Waals surface area contributed by atoms with Crippen LogP contribution in [0.2, 0.25) is 0 Å². The predicted molar refractivity (Wildman–Crippen MR) is 72.5 cm³/mol. The number of hydrogen-bond acceptors (Lipinski definition) is 4. The standard InChI is InChI=1S/C13H14N2O2S/c14-10-3-4-11-9(7-10)8-12(18-11)13(16)15-5-1-2-6-17-15/h3-4,7-8H,1-2,5-6,14H2. The minimum absolute atomic E-state index is 0.0468. The average molecular weight is 262 g/mol. The number of thiophene rings is 1. The number of hydroxylamine groups is 2. The lowest BCUT2D eigenvalue weighted by atomic mass is 10.2. The Morgan fingerprint density at radius 1 is 1.33 bits per heavy atom. The number of carbonyl (C=O) groups excluding carboxylic acids is 1. The lowest BCUT2D eigenvalue weighted by Crippen LogP contribution is -2.35. The summed E-state index contributed by atoms with van der Waals surface area (Å²) in [6, 6.07) is 7.57. The van der Waals surface area contributed by atoms with E-state index in [4.69, 9.17) is 10.6 Å². The maximum atomic E-state index is 12.2. The molecule has 1 amide bonds. The Morgan fingerprint density at radius 3 is 3.00 bits per heavy atom. The third-order valence-corrected chi connectivity index (χ3v) is 4.08. The lowest BCUT2D eigenvalue weighted by molar-refractivity contribution is -0.143. The van der Waals surface area contributed by atoms with Gasteiger partial charge in [-0.25, -0.2) is 5.06 Å². The number of nitrogen functional groups attached to an aromatic ring is 1. The number of carbonyl (C=O) groups is 1. The van der Waals surface area contributed by atoms with Gasteiger partial charge in [-0.15, -0.1) is 11.3 Å². The minimum atomic E-state index is -0.0468. The van der Waals surface area contributed by atoms with E-state index in [1.807, 2.05) is 24.3 Å². The van der Waals surface area contributed by atoms with Crippen molar-refractivity contribution in [3.63, 3.8) is 0 Å². The molecule has 1 aliphatic rings. The van der Waals surface area contributed by atoms with Crippen molar-refractivity contribution in [3.8, 4) is 0 Å². The molecule has 0 unspecified atom stereocenters. The Labute approximate surface area is 109 Å². The first-order valence-corrected chi connectivity index (χ1v) is 6.79. The first-order valence-electron chi connectivity index (χ1n) is 5.98. The van der Waals surface area contributed by atoms with Gasteiger partial charge < -0.3 is 5.73 Å². The maximum Gasteiger partial charge on any atom is 0.287 e. The van der Waals surface area contributed by atoms with E-state index in [0.29, 0.717) is 23.7 Å². The Balaban J connectivity index is 1.91. The molecule has 2 heterocycles. The van der Waals surface area contributed by atoms with Gasteiger partial charge in [-0.05, 0) is 42.5 Å². The molecule has 1 aromatic heterocycles. The minimum Gasteiger partial charge on any atom is -0.399 e. The van der Waals surface area contributed by atoms with E-state index in [1.54, 1.807) is 0 Å². The quantitative estimate of drug-likeness (QED) is 0.804. The highest BCUT2D eigenvalue weighted by Gasteiger charge is 2.21. The molecule has 0 radical (unpaired) electrons. The topological polar surface area (TPSA) is 55.6 Å². The van der Waals surface area contributed by atoms with E-state index in [9.17, 15) is 4.79 Å². The molecule has 4 nitrogen and oxygen atoms in total. The molecule has 1 fully saturated rings. The van der Waals surface area contributed by atoms with Crippen LogP contribution in [0.15, 0.2) is 24.3 Å². The molecule has 94 valence electrons. The van der Waals surface area contributed by atoms with Gasteiger partial charge in [0.1, 0.15) is 0 Å². The van der Waals surface area contributed by atoms with Gasteiger partial charge in [-0.3, -0.25) is 9.63 Å². The molecule has 2 N–H and O–H groups in total. The number of rotatable bonds is 1. The second-order valence-electron chi connectivity index (χ2n) is 4.36. The number of anilines is 1. The maximum absolute atomic E-state index is 12.2. The summed E-state index contributed by atoms with van der Waals surface area (Å²) in [5.41, 5.74) is 6.45. The largest absolute Gasteiger partial charge is 0.399 e. The van der Waals surface area contributed by atoms with Crippen molar-refractivity contribution in [2.45, 2.75) is 12.8 Å². The van der Waals surface area contributed by atoms with E-state index in [1.165, 1.54) is 16.4 Å². The Morgan fingerprint density at radius 2 is 2.22 bits per heavy atom. The number of amides is 1. The zero-order valence-corrected chi connectivity index (χ0v) is 10.7. The summed E-state index contributed by atoms with van der Waals surface area (Å²) in [7, 11) is 0. The first-order chi connectivity index (χ1) is 8.74. The highest BCUT2D eigenvalue weighted by Crippen LogP contribution is 2.28. The van der Waals surface area contributed by atoms with Crippen LogP contribution in [0.25, 0.3) is 10.1 Å². The van der Waals surface area contributed by atoms with Crippen LogP contribution in [0.3, 0.4) is 0 Å².